The second-order valence-corrected chi connectivity index (χ2v) is 11.7. The number of hydrogen-bond donors (Lipinski definition) is 2. The summed E-state index contributed by atoms with van der Waals surface area (Å²) in [6.07, 6.45) is 17.4. The number of rotatable bonds is 11. The number of carbonyl (C=O) groups excluding carboxylic acids is 1. The Balaban J connectivity index is 1.28. The number of unbranched alkanes of at least 4 members (excludes halogenated alkanes) is 1. The monoisotopic (exact) mass is 493 g/mol. The van der Waals surface area contributed by atoms with Crippen LogP contribution in [0.4, 0.5) is 0 Å². The van der Waals surface area contributed by atoms with Crippen molar-refractivity contribution in [3.63, 3.8) is 0 Å². The Labute approximate surface area is 218 Å². The van der Waals surface area contributed by atoms with Gasteiger partial charge in [0, 0.05) is 24.6 Å². The van der Waals surface area contributed by atoms with Gasteiger partial charge in [-0.25, -0.2) is 0 Å². The summed E-state index contributed by atoms with van der Waals surface area (Å²) in [4.78, 5) is 14.9. The quantitative estimate of drug-likeness (QED) is 0.355. The molecule has 1 amide bonds. The number of aliphatic hydroxyl groups excluding tert-OH is 2. The largest absolute Gasteiger partial charge is 0.392 e. The molecule has 198 valence electrons. The van der Waals surface area contributed by atoms with Crippen LogP contribution in [0.1, 0.15) is 94.0 Å². The molecule has 1 aromatic rings. The van der Waals surface area contributed by atoms with E-state index in [2.05, 4.69) is 38.1 Å². The van der Waals surface area contributed by atoms with E-state index in [-0.39, 0.29) is 17.9 Å². The summed E-state index contributed by atoms with van der Waals surface area (Å²) in [5.74, 6) is 1.73. The predicted octanol–water partition coefficient (Wildman–Crippen LogP) is 6.32. The first-order valence-corrected chi connectivity index (χ1v) is 14.6. The highest BCUT2D eigenvalue weighted by Gasteiger charge is 2.43. The maximum absolute atomic E-state index is 12.9. The lowest BCUT2D eigenvalue weighted by Crippen LogP contribution is -2.35. The Morgan fingerprint density at radius 2 is 2.00 bits per heavy atom. The van der Waals surface area contributed by atoms with E-state index in [9.17, 15) is 15.0 Å². The molecule has 6 atom stereocenters. The minimum absolute atomic E-state index is 0.134. The lowest BCUT2D eigenvalue weighted by molar-refractivity contribution is 0.0724. The molecule has 0 unspecified atom stereocenters. The Morgan fingerprint density at radius 3 is 2.78 bits per heavy atom. The predicted molar refractivity (Wildman–Crippen MR) is 147 cm³/mol. The van der Waals surface area contributed by atoms with Crippen molar-refractivity contribution in [1.82, 2.24) is 4.90 Å². The van der Waals surface area contributed by atoms with Gasteiger partial charge in [0.15, 0.2) is 0 Å². The van der Waals surface area contributed by atoms with Gasteiger partial charge < -0.3 is 15.1 Å². The molecule has 36 heavy (non-hydrogen) atoms. The SMILES string of the molecule is CCCC[C@H](C)C[C@H](O)/C=C/[C@@H]1[C@H]2CC(CCc3cccc(C(=O)N4CCCCC4)c3)=C[C@H]2C[C@H]1O. The van der Waals surface area contributed by atoms with E-state index in [0.717, 1.165) is 63.6 Å². The number of likely N-dealkylation sites (tertiary alicyclic amines) is 1. The van der Waals surface area contributed by atoms with Gasteiger partial charge in [0.25, 0.3) is 5.91 Å². The fourth-order valence-electron chi connectivity index (χ4n) is 6.65. The molecular formula is C32H47NO3. The summed E-state index contributed by atoms with van der Waals surface area (Å²) < 4.78 is 0. The molecule has 1 saturated carbocycles. The van der Waals surface area contributed by atoms with Crippen LogP contribution in [0.15, 0.2) is 48.1 Å². The normalized spacial score (nSPS) is 27.8. The van der Waals surface area contributed by atoms with Crippen LogP contribution in [0.5, 0.6) is 0 Å². The summed E-state index contributed by atoms with van der Waals surface area (Å²) >= 11 is 0. The van der Waals surface area contributed by atoms with E-state index in [1.165, 1.54) is 36.8 Å². The Hall–Kier alpha value is -1.91. The Bertz CT molecular complexity index is 916. The molecule has 4 heteroatoms. The molecule has 4 nitrogen and oxygen atoms in total. The zero-order valence-corrected chi connectivity index (χ0v) is 22.4. The maximum atomic E-state index is 12.9. The fourth-order valence-corrected chi connectivity index (χ4v) is 6.65. The number of aryl methyl sites for hydroxylation is 1. The first kappa shape index (κ1) is 27.1. The van der Waals surface area contributed by atoms with E-state index >= 15 is 0 Å². The summed E-state index contributed by atoms with van der Waals surface area (Å²) in [5, 5.41) is 21.2. The molecule has 0 aromatic heterocycles. The third kappa shape index (κ3) is 7.10. The van der Waals surface area contributed by atoms with Gasteiger partial charge >= 0.3 is 0 Å². The van der Waals surface area contributed by atoms with Crippen molar-refractivity contribution in [3.8, 4) is 0 Å². The van der Waals surface area contributed by atoms with E-state index in [4.69, 9.17) is 0 Å². The van der Waals surface area contributed by atoms with Crippen molar-refractivity contribution < 1.29 is 15.0 Å². The fraction of sp³-hybridized carbons (Fsp3) is 0.656. The first-order valence-electron chi connectivity index (χ1n) is 14.6. The molecule has 0 radical (unpaired) electrons. The number of benzene rings is 1. The van der Waals surface area contributed by atoms with Crippen molar-refractivity contribution in [2.24, 2.45) is 23.7 Å². The summed E-state index contributed by atoms with van der Waals surface area (Å²) in [6.45, 7) is 6.20. The third-order valence-corrected chi connectivity index (χ3v) is 8.75. The Kier molecular flexibility index (Phi) is 9.84. The molecule has 4 rings (SSSR count). The van der Waals surface area contributed by atoms with Crippen molar-refractivity contribution in [2.45, 2.75) is 96.7 Å². The molecule has 1 heterocycles. The lowest BCUT2D eigenvalue weighted by Gasteiger charge is -2.26. The van der Waals surface area contributed by atoms with E-state index in [1.807, 2.05) is 23.1 Å². The van der Waals surface area contributed by atoms with Crippen LogP contribution in [0.25, 0.3) is 0 Å². The molecular weight excluding hydrogens is 446 g/mol. The molecule has 2 fully saturated rings. The zero-order chi connectivity index (χ0) is 25.5. The van der Waals surface area contributed by atoms with Crippen molar-refractivity contribution in [2.75, 3.05) is 13.1 Å². The highest BCUT2D eigenvalue weighted by atomic mass is 16.3. The first-order chi connectivity index (χ1) is 17.4. The average Bonchev–Trinajstić information content (AvgIpc) is 3.41. The van der Waals surface area contributed by atoms with Gasteiger partial charge in [0.2, 0.25) is 0 Å². The molecule has 0 spiro atoms. The van der Waals surface area contributed by atoms with Gasteiger partial charge in [-0.2, -0.15) is 0 Å². The van der Waals surface area contributed by atoms with Crippen LogP contribution in [-0.2, 0) is 6.42 Å². The van der Waals surface area contributed by atoms with Crippen molar-refractivity contribution in [1.29, 1.82) is 0 Å². The van der Waals surface area contributed by atoms with E-state index in [0.29, 0.717) is 17.8 Å². The van der Waals surface area contributed by atoms with Crippen LogP contribution in [0.2, 0.25) is 0 Å². The summed E-state index contributed by atoms with van der Waals surface area (Å²) in [5.41, 5.74) is 3.53. The summed E-state index contributed by atoms with van der Waals surface area (Å²) in [6, 6.07) is 8.21. The average molecular weight is 494 g/mol. The number of aliphatic hydroxyl groups is 2. The minimum Gasteiger partial charge on any atom is -0.392 e. The van der Waals surface area contributed by atoms with Crippen LogP contribution in [0.3, 0.4) is 0 Å². The lowest BCUT2D eigenvalue weighted by atomic mass is 9.88. The van der Waals surface area contributed by atoms with Crippen LogP contribution >= 0.6 is 0 Å². The van der Waals surface area contributed by atoms with Crippen molar-refractivity contribution in [3.05, 3.63) is 59.2 Å². The topological polar surface area (TPSA) is 60.8 Å². The van der Waals surface area contributed by atoms with Gasteiger partial charge in [-0.15, -0.1) is 0 Å². The second kappa shape index (κ2) is 13.1. The molecule has 3 aliphatic rings. The number of fused-ring (bicyclic) bond motifs is 1. The Morgan fingerprint density at radius 1 is 1.19 bits per heavy atom. The number of nitrogens with zero attached hydrogens (tertiary/aromatic N) is 1. The molecule has 1 aliphatic heterocycles. The summed E-state index contributed by atoms with van der Waals surface area (Å²) in [7, 11) is 0. The molecule has 1 saturated heterocycles. The standard InChI is InChI=1S/C32H47NO3/c1-3-4-9-23(2)18-28(34)14-15-29-30-21-25(20-27(30)22-31(29)35)13-12-24-10-8-11-26(19-24)32(36)33-16-6-5-7-17-33/h8,10-11,14-15,19-20,23,27-31,34-35H,3-7,9,12-13,16-18,21-22H2,1-2H3/b15-14+/t23-,27-,28+,29+,30-,31+/m0/s1. The van der Waals surface area contributed by atoms with Gasteiger partial charge in [-0.3, -0.25) is 4.79 Å². The van der Waals surface area contributed by atoms with Gasteiger partial charge in [0.1, 0.15) is 0 Å². The van der Waals surface area contributed by atoms with Crippen LogP contribution in [-0.4, -0.2) is 46.3 Å². The molecule has 2 aliphatic carbocycles. The van der Waals surface area contributed by atoms with Gasteiger partial charge in [-0.1, -0.05) is 69.0 Å². The van der Waals surface area contributed by atoms with Crippen LogP contribution < -0.4 is 0 Å². The highest BCUT2D eigenvalue weighted by molar-refractivity contribution is 5.94. The smallest absolute Gasteiger partial charge is 0.253 e. The molecule has 0 bridgehead atoms. The van der Waals surface area contributed by atoms with E-state index in [1.54, 1.807) is 0 Å². The molecule has 1 aromatic carbocycles. The highest BCUT2D eigenvalue weighted by Crippen LogP contribution is 2.48. The number of allylic oxidation sites excluding steroid dienone is 2. The van der Waals surface area contributed by atoms with Gasteiger partial charge in [-0.05, 0) is 86.8 Å². The van der Waals surface area contributed by atoms with Crippen LogP contribution in [0, 0.1) is 23.7 Å². The minimum atomic E-state index is -0.420. The number of hydrogen-bond acceptors (Lipinski definition) is 3. The maximum Gasteiger partial charge on any atom is 0.253 e. The second-order valence-electron chi connectivity index (χ2n) is 11.7. The molecule has 2 N–H and O–H groups in total. The third-order valence-electron chi connectivity index (χ3n) is 8.75. The van der Waals surface area contributed by atoms with E-state index < -0.39 is 6.10 Å². The number of amides is 1. The number of piperidine rings is 1. The van der Waals surface area contributed by atoms with Crippen molar-refractivity contribution >= 4 is 5.91 Å². The zero-order valence-electron chi connectivity index (χ0n) is 22.4. The number of carbonyl (C=O) groups is 1. The van der Waals surface area contributed by atoms with Gasteiger partial charge in [0.05, 0.1) is 12.2 Å².